The van der Waals surface area contributed by atoms with E-state index in [1.807, 2.05) is 31.2 Å². The Labute approximate surface area is 151 Å². The van der Waals surface area contributed by atoms with Crippen molar-refractivity contribution >= 4 is 33.3 Å². The van der Waals surface area contributed by atoms with E-state index >= 15 is 0 Å². The highest BCUT2D eigenvalue weighted by Crippen LogP contribution is 2.22. The maximum atomic E-state index is 11.7. The zero-order valence-corrected chi connectivity index (χ0v) is 15.3. The van der Waals surface area contributed by atoms with Crippen LogP contribution in [0, 0.1) is 0 Å². The average molecular weight is 389 g/mol. The molecule has 3 rings (SSSR count). The predicted molar refractivity (Wildman–Crippen MR) is 101 cm³/mol. The minimum absolute atomic E-state index is 0.260. The number of nitrogens with zero attached hydrogens (tertiary/aromatic N) is 2. The van der Waals surface area contributed by atoms with Crippen molar-refractivity contribution in [3.8, 4) is 0 Å². The first-order chi connectivity index (χ1) is 11.7. The maximum Gasteiger partial charge on any atom is 0.338 e. The summed E-state index contributed by atoms with van der Waals surface area (Å²) in [6.45, 7) is 6.13. The van der Waals surface area contributed by atoms with Gasteiger partial charge in [0.1, 0.15) is 0 Å². The summed E-state index contributed by atoms with van der Waals surface area (Å²) < 4.78 is 6.13. The van der Waals surface area contributed by atoms with Crippen LogP contribution in [-0.2, 0) is 4.74 Å². The Bertz CT molecular complexity index is 678. The SMILES string of the molecule is CCOC(=O)c1ccc(N2CCN(c3ccc(Br)cc3)CC2)cc1. The number of esters is 1. The Morgan fingerprint density at radius 1 is 0.917 bits per heavy atom. The largest absolute Gasteiger partial charge is 0.462 e. The van der Waals surface area contributed by atoms with E-state index in [1.165, 1.54) is 5.69 Å². The first-order valence-electron chi connectivity index (χ1n) is 8.20. The van der Waals surface area contributed by atoms with Crippen molar-refractivity contribution in [3.63, 3.8) is 0 Å². The van der Waals surface area contributed by atoms with Gasteiger partial charge in [0.2, 0.25) is 0 Å². The lowest BCUT2D eigenvalue weighted by Crippen LogP contribution is -2.46. The number of ether oxygens (including phenoxy) is 1. The van der Waals surface area contributed by atoms with Gasteiger partial charge in [0.15, 0.2) is 0 Å². The highest BCUT2D eigenvalue weighted by atomic mass is 79.9. The fourth-order valence-electron chi connectivity index (χ4n) is 2.90. The van der Waals surface area contributed by atoms with Crippen molar-refractivity contribution in [2.45, 2.75) is 6.92 Å². The maximum absolute atomic E-state index is 11.7. The Morgan fingerprint density at radius 2 is 1.38 bits per heavy atom. The molecule has 0 spiro atoms. The Kier molecular flexibility index (Phi) is 5.41. The van der Waals surface area contributed by atoms with Gasteiger partial charge in [0.25, 0.3) is 0 Å². The third-order valence-electron chi connectivity index (χ3n) is 4.22. The molecule has 1 aliphatic heterocycles. The molecule has 1 heterocycles. The van der Waals surface area contributed by atoms with E-state index in [4.69, 9.17) is 4.74 Å². The molecule has 0 unspecified atom stereocenters. The highest BCUT2D eigenvalue weighted by Gasteiger charge is 2.18. The number of anilines is 2. The number of rotatable bonds is 4. The van der Waals surface area contributed by atoms with Crippen molar-refractivity contribution in [1.82, 2.24) is 0 Å². The van der Waals surface area contributed by atoms with Crippen LogP contribution in [-0.4, -0.2) is 38.8 Å². The number of hydrogen-bond acceptors (Lipinski definition) is 4. The standard InChI is InChI=1S/C19H21BrN2O2/c1-2-24-19(23)15-3-7-17(8-4-15)21-11-13-22(14-12-21)18-9-5-16(20)6-10-18/h3-10H,2,11-14H2,1H3. The van der Waals surface area contributed by atoms with E-state index in [0.29, 0.717) is 12.2 Å². The molecule has 24 heavy (non-hydrogen) atoms. The van der Waals surface area contributed by atoms with E-state index in [-0.39, 0.29) is 5.97 Å². The number of piperazine rings is 1. The molecule has 0 bridgehead atoms. The zero-order chi connectivity index (χ0) is 16.9. The predicted octanol–water partition coefficient (Wildman–Crippen LogP) is 3.95. The molecule has 0 aliphatic carbocycles. The van der Waals surface area contributed by atoms with Crippen LogP contribution in [0.25, 0.3) is 0 Å². The van der Waals surface area contributed by atoms with Crippen LogP contribution >= 0.6 is 15.9 Å². The van der Waals surface area contributed by atoms with Gasteiger partial charge < -0.3 is 14.5 Å². The summed E-state index contributed by atoms with van der Waals surface area (Å²) in [6.07, 6.45) is 0. The van der Waals surface area contributed by atoms with Crippen molar-refractivity contribution < 1.29 is 9.53 Å². The summed E-state index contributed by atoms with van der Waals surface area (Å²) >= 11 is 3.48. The summed E-state index contributed by atoms with van der Waals surface area (Å²) in [5, 5.41) is 0. The van der Waals surface area contributed by atoms with Crippen LogP contribution in [0.4, 0.5) is 11.4 Å². The number of benzene rings is 2. The van der Waals surface area contributed by atoms with E-state index in [9.17, 15) is 4.79 Å². The molecule has 0 amide bonds. The zero-order valence-electron chi connectivity index (χ0n) is 13.7. The third-order valence-corrected chi connectivity index (χ3v) is 4.74. The molecular weight excluding hydrogens is 368 g/mol. The van der Waals surface area contributed by atoms with E-state index in [1.54, 1.807) is 0 Å². The minimum Gasteiger partial charge on any atom is -0.462 e. The molecule has 2 aromatic carbocycles. The summed E-state index contributed by atoms with van der Waals surface area (Å²) in [5.41, 5.74) is 3.02. The molecule has 1 aliphatic rings. The van der Waals surface area contributed by atoms with Gasteiger partial charge in [-0.3, -0.25) is 0 Å². The van der Waals surface area contributed by atoms with E-state index in [0.717, 1.165) is 36.3 Å². The van der Waals surface area contributed by atoms with Gasteiger partial charge in [-0.1, -0.05) is 15.9 Å². The quantitative estimate of drug-likeness (QED) is 0.742. The van der Waals surface area contributed by atoms with Crippen LogP contribution in [0.3, 0.4) is 0 Å². The fourth-order valence-corrected chi connectivity index (χ4v) is 3.16. The summed E-state index contributed by atoms with van der Waals surface area (Å²) in [5.74, 6) is -0.260. The molecule has 0 saturated carbocycles. The van der Waals surface area contributed by atoms with Gasteiger partial charge in [-0.25, -0.2) is 4.79 Å². The monoisotopic (exact) mass is 388 g/mol. The molecule has 0 N–H and O–H groups in total. The molecule has 0 aromatic heterocycles. The second-order valence-electron chi connectivity index (χ2n) is 5.72. The van der Waals surface area contributed by atoms with Crippen molar-refractivity contribution in [2.75, 3.05) is 42.6 Å². The number of carbonyl (C=O) groups excluding carboxylic acids is 1. The molecule has 5 heteroatoms. The normalized spacial score (nSPS) is 14.6. The first-order valence-corrected chi connectivity index (χ1v) is 8.99. The van der Waals surface area contributed by atoms with Gasteiger partial charge >= 0.3 is 5.97 Å². The van der Waals surface area contributed by atoms with Crippen molar-refractivity contribution in [3.05, 3.63) is 58.6 Å². The van der Waals surface area contributed by atoms with Gasteiger partial charge in [0.05, 0.1) is 12.2 Å². The second kappa shape index (κ2) is 7.71. The lowest BCUT2D eigenvalue weighted by atomic mass is 10.1. The van der Waals surface area contributed by atoms with Crippen molar-refractivity contribution in [1.29, 1.82) is 0 Å². The molecular formula is C19H21BrN2O2. The second-order valence-corrected chi connectivity index (χ2v) is 6.63. The number of halogens is 1. The Morgan fingerprint density at radius 3 is 1.83 bits per heavy atom. The summed E-state index contributed by atoms with van der Waals surface area (Å²) in [4.78, 5) is 16.5. The number of hydrogen-bond donors (Lipinski definition) is 0. The molecule has 1 saturated heterocycles. The topological polar surface area (TPSA) is 32.8 Å². The third kappa shape index (κ3) is 3.90. The van der Waals surface area contributed by atoms with Crippen LogP contribution in [0.5, 0.6) is 0 Å². The molecule has 1 fully saturated rings. The van der Waals surface area contributed by atoms with Crippen molar-refractivity contribution in [2.24, 2.45) is 0 Å². The van der Waals surface area contributed by atoms with Crippen LogP contribution in [0.2, 0.25) is 0 Å². The lowest BCUT2D eigenvalue weighted by Gasteiger charge is -2.37. The summed E-state index contributed by atoms with van der Waals surface area (Å²) in [7, 11) is 0. The van der Waals surface area contributed by atoms with Gasteiger partial charge in [-0.05, 0) is 55.5 Å². The smallest absolute Gasteiger partial charge is 0.338 e. The first kappa shape index (κ1) is 16.8. The molecule has 0 atom stereocenters. The van der Waals surface area contributed by atoms with E-state index in [2.05, 4.69) is 50.0 Å². The summed E-state index contributed by atoms with van der Waals surface area (Å²) in [6, 6.07) is 16.1. The lowest BCUT2D eigenvalue weighted by molar-refractivity contribution is 0.0526. The fraction of sp³-hybridized carbons (Fsp3) is 0.316. The van der Waals surface area contributed by atoms with Gasteiger partial charge in [0, 0.05) is 42.0 Å². The number of carbonyl (C=O) groups is 1. The Balaban J connectivity index is 1.60. The highest BCUT2D eigenvalue weighted by molar-refractivity contribution is 9.10. The van der Waals surface area contributed by atoms with E-state index < -0.39 is 0 Å². The van der Waals surface area contributed by atoms with Gasteiger partial charge in [-0.15, -0.1) is 0 Å². The molecule has 126 valence electrons. The van der Waals surface area contributed by atoms with Crippen LogP contribution in [0.15, 0.2) is 53.0 Å². The molecule has 4 nitrogen and oxygen atoms in total. The molecule has 0 radical (unpaired) electrons. The Hall–Kier alpha value is -2.01. The minimum atomic E-state index is -0.260. The van der Waals surface area contributed by atoms with Crippen LogP contribution < -0.4 is 9.80 Å². The van der Waals surface area contributed by atoms with Crippen LogP contribution in [0.1, 0.15) is 17.3 Å². The average Bonchev–Trinajstić information content (AvgIpc) is 2.63. The van der Waals surface area contributed by atoms with Gasteiger partial charge in [-0.2, -0.15) is 0 Å². The molecule has 2 aromatic rings.